The minimum Gasteiger partial charge on any atom is -0.0625 e. The maximum absolute atomic E-state index is 2.50. The van der Waals surface area contributed by atoms with Crippen LogP contribution >= 0.6 is 0 Å². The van der Waals surface area contributed by atoms with E-state index in [1.54, 1.807) is 11.1 Å². The van der Waals surface area contributed by atoms with Gasteiger partial charge in [0.2, 0.25) is 0 Å². The lowest BCUT2D eigenvalue weighted by Gasteiger charge is -2.41. The van der Waals surface area contributed by atoms with E-state index in [-0.39, 0.29) is 0 Å². The molecule has 0 bridgehead atoms. The molecule has 1 fully saturated rings. The van der Waals surface area contributed by atoms with E-state index in [0.717, 1.165) is 23.7 Å². The number of benzene rings is 1. The minimum absolute atomic E-state index is 0.662. The zero-order chi connectivity index (χ0) is 14.3. The van der Waals surface area contributed by atoms with Crippen LogP contribution in [0.25, 0.3) is 0 Å². The molecule has 1 saturated carbocycles. The van der Waals surface area contributed by atoms with Crippen LogP contribution < -0.4 is 0 Å². The Balaban J connectivity index is 1.79. The predicted octanol–water partition coefficient (Wildman–Crippen LogP) is 5.60. The summed E-state index contributed by atoms with van der Waals surface area (Å²) in [4.78, 5) is 0. The third-order valence-corrected chi connectivity index (χ3v) is 5.98. The Kier molecular flexibility index (Phi) is 3.93. The molecule has 0 heteroatoms. The highest BCUT2D eigenvalue weighted by Gasteiger charge is 2.35. The lowest BCUT2D eigenvalue weighted by molar-refractivity contribution is 0.138. The van der Waals surface area contributed by atoms with Crippen molar-refractivity contribution in [3.8, 4) is 0 Å². The Morgan fingerprint density at radius 2 is 1.65 bits per heavy atom. The summed E-state index contributed by atoms with van der Waals surface area (Å²) in [5.41, 5.74) is 4.85. The van der Waals surface area contributed by atoms with Gasteiger partial charge in [-0.15, -0.1) is 0 Å². The summed E-state index contributed by atoms with van der Waals surface area (Å²) in [5.74, 6) is 4.46. The van der Waals surface area contributed by atoms with Crippen LogP contribution in [0.1, 0.15) is 69.6 Å². The molecule has 3 atom stereocenters. The lowest BCUT2D eigenvalue weighted by Crippen LogP contribution is -2.33. The molecule has 2 aliphatic rings. The molecule has 1 aromatic rings. The molecule has 2 aliphatic carbocycles. The van der Waals surface area contributed by atoms with Gasteiger partial charge in [0, 0.05) is 0 Å². The van der Waals surface area contributed by atoms with Crippen LogP contribution in [0.4, 0.5) is 0 Å². The van der Waals surface area contributed by atoms with Crippen molar-refractivity contribution in [2.75, 3.05) is 0 Å². The zero-order valence-corrected chi connectivity index (χ0v) is 13.7. The van der Waals surface area contributed by atoms with Crippen molar-refractivity contribution >= 4 is 0 Å². The fourth-order valence-corrected chi connectivity index (χ4v) is 4.45. The predicted molar refractivity (Wildman–Crippen MR) is 87.1 cm³/mol. The fraction of sp³-hybridized carbons (Fsp3) is 0.700. The second-order valence-corrected chi connectivity index (χ2v) is 7.93. The Bertz CT molecular complexity index is 469. The van der Waals surface area contributed by atoms with Crippen molar-refractivity contribution in [3.63, 3.8) is 0 Å². The maximum atomic E-state index is 2.50. The van der Waals surface area contributed by atoms with Crippen molar-refractivity contribution in [3.05, 3.63) is 34.9 Å². The fourth-order valence-electron chi connectivity index (χ4n) is 4.45. The van der Waals surface area contributed by atoms with Crippen molar-refractivity contribution in [2.45, 2.75) is 65.7 Å². The largest absolute Gasteiger partial charge is 0.0625 e. The van der Waals surface area contributed by atoms with Crippen LogP contribution in [0, 0.1) is 23.7 Å². The summed E-state index contributed by atoms with van der Waals surface area (Å²) < 4.78 is 0. The Hall–Kier alpha value is -0.780. The minimum atomic E-state index is 0.662. The van der Waals surface area contributed by atoms with Crippen LogP contribution in [0.3, 0.4) is 0 Å². The highest BCUT2D eigenvalue weighted by molar-refractivity contribution is 5.36. The molecule has 0 radical (unpaired) electrons. The second kappa shape index (κ2) is 5.54. The summed E-state index contributed by atoms with van der Waals surface area (Å²) in [7, 11) is 0. The first-order valence-electron chi connectivity index (χ1n) is 8.66. The Morgan fingerprint density at radius 1 is 0.900 bits per heavy atom. The molecule has 1 aromatic carbocycles. The molecule has 110 valence electrons. The standard InChI is InChI=1S/C20H30/c1-13(2)15-5-7-17-12-20-10-16(14(3)4)6-8-18(20)11-19(17)9-15/h5,7,9,13-14,16,18,20H,6,8,10-12H2,1-4H3. The van der Waals surface area contributed by atoms with Gasteiger partial charge in [-0.05, 0) is 78.4 Å². The highest BCUT2D eigenvalue weighted by Crippen LogP contribution is 2.44. The lowest BCUT2D eigenvalue weighted by atomic mass is 9.64. The molecule has 0 aliphatic heterocycles. The van der Waals surface area contributed by atoms with Crippen LogP contribution in [-0.4, -0.2) is 0 Å². The topological polar surface area (TPSA) is 0 Å². The summed E-state index contributed by atoms with van der Waals surface area (Å²) in [5, 5.41) is 0. The maximum Gasteiger partial charge on any atom is -0.0219 e. The summed E-state index contributed by atoms with van der Waals surface area (Å²) in [6.45, 7) is 9.44. The Labute approximate surface area is 125 Å². The monoisotopic (exact) mass is 270 g/mol. The van der Waals surface area contributed by atoms with E-state index in [1.807, 2.05) is 0 Å². The average molecular weight is 270 g/mol. The Morgan fingerprint density at radius 3 is 2.35 bits per heavy atom. The van der Waals surface area contributed by atoms with Crippen LogP contribution in [0.2, 0.25) is 0 Å². The molecule has 0 N–H and O–H groups in total. The van der Waals surface area contributed by atoms with E-state index in [9.17, 15) is 0 Å². The number of fused-ring (bicyclic) bond motifs is 2. The molecule has 3 rings (SSSR count). The van der Waals surface area contributed by atoms with Crippen molar-refractivity contribution in [1.29, 1.82) is 0 Å². The van der Waals surface area contributed by atoms with Gasteiger partial charge in [-0.25, -0.2) is 0 Å². The SMILES string of the molecule is CC(C)c1ccc2c(c1)CC1CCC(C(C)C)CC1C2. The first-order valence-corrected chi connectivity index (χ1v) is 8.66. The van der Waals surface area contributed by atoms with Gasteiger partial charge >= 0.3 is 0 Å². The molecule has 20 heavy (non-hydrogen) atoms. The smallest absolute Gasteiger partial charge is 0.0219 e. The van der Waals surface area contributed by atoms with E-state index in [1.165, 1.54) is 37.7 Å². The summed E-state index contributed by atoms with van der Waals surface area (Å²) in [6.07, 6.45) is 7.12. The van der Waals surface area contributed by atoms with Gasteiger partial charge in [-0.1, -0.05) is 45.9 Å². The summed E-state index contributed by atoms with van der Waals surface area (Å²) >= 11 is 0. The van der Waals surface area contributed by atoms with Crippen LogP contribution in [0.5, 0.6) is 0 Å². The van der Waals surface area contributed by atoms with Gasteiger partial charge in [0.25, 0.3) is 0 Å². The van der Waals surface area contributed by atoms with Crippen molar-refractivity contribution < 1.29 is 0 Å². The third kappa shape index (κ3) is 2.67. The number of hydrogen-bond donors (Lipinski definition) is 0. The van der Waals surface area contributed by atoms with E-state index in [4.69, 9.17) is 0 Å². The molecule has 0 aromatic heterocycles. The van der Waals surface area contributed by atoms with Crippen LogP contribution in [0.15, 0.2) is 18.2 Å². The van der Waals surface area contributed by atoms with Crippen LogP contribution in [-0.2, 0) is 12.8 Å². The molecular formula is C20H30. The summed E-state index contributed by atoms with van der Waals surface area (Å²) in [6, 6.07) is 7.30. The first-order chi connectivity index (χ1) is 9.54. The van der Waals surface area contributed by atoms with E-state index in [0.29, 0.717) is 5.92 Å². The molecule has 0 amide bonds. The molecular weight excluding hydrogens is 240 g/mol. The van der Waals surface area contributed by atoms with Gasteiger partial charge in [0.05, 0.1) is 0 Å². The molecule has 0 nitrogen and oxygen atoms in total. The highest BCUT2D eigenvalue weighted by atomic mass is 14.4. The van der Waals surface area contributed by atoms with Gasteiger partial charge < -0.3 is 0 Å². The number of hydrogen-bond acceptors (Lipinski definition) is 0. The van der Waals surface area contributed by atoms with E-state index >= 15 is 0 Å². The van der Waals surface area contributed by atoms with Gasteiger partial charge in [-0.3, -0.25) is 0 Å². The zero-order valence-electron chi connectivity index (χ0n) is 13.7. The van der Waals surface area contributed by atoms with Gasteiger partial charge in [-0.2, -0.15) is 0 Å². The van der Waals surface area contributed by atoms with E-state index in [2.05, 4.69) is 45.9 Å². The molecule has 3 unspecified atom stereocenters. The van der Waals surface area contributed by atoms with Gasteiger partial charge in [0.15, 0.2) is 0 Å². The average Bonchev–Trinajstić information content (AvgIpc) is 2.43. The van der Waals surface area contributed by atoms with Crippen molar-refractivity contribution in [1.82, 2.24) is 0 Å². The molecule has 0 heterocycles. The second-order valence-electron chi connectivity index (χ2n) is 7.93. The van der Waals surface area contributed by atoms with Gasteiger partial charge in [0.1, 0.15) is 0 Å². The normalized spacial score (nSPS) is 29.4. The molecule has 0 spiro atoms. The quantitative estimate of drug-likeness (QED) is 0.656. The third-order valence-electron chi connectivity index (χ3n) is 5.98. The molecule has 0 saturated heterocycles. The van der Waals surface area contributed by atoms with E-state index < -0.39 is 0 Å². The first kappa shape index (κ1) is 14.2. The number of rotatable bonds is 2. The van der Waals surface area contributed by atoms with Crippen molar-refractivity contribution in [2.24, 2.45) is 23.7 Å².